The zero-order valence-corrected chi connectivity index (χ0v) is 10.7. The molecule has 0 radical (unpaired) electrons. The van der Waals surface area contributed by atoms with Crippen molar-refractivity contribution in [1.29, 1.82) is 5.26 Å². The summed E-state index contributed by atoms with van der Waals surface area (Å²) in [5.74, 6) is 0. The first-order valence-corrected chi connectivity index (χ1v) is 5.78. The van der Waals surface area contributed by atoms with E-state index >= 15 is 0 Å². The Labute approximate surface area is 113 Å². The molecule has 2 rings (SSSR count). The fraction of sp³-hybridized carbons (Fsp3) is 0. The molecule has 0 saturated heterocycles. The van der Waals surface area contributed by atoms with Crippen LogP contribution in [0.15, 0.2) is 30.3 Å². The summed E-state index contributed by atoms with van der Waals surface area (Å²) in [5.41, 5.74) is 1.43. The molecule has 84 valence electrons. The van der Waals surface area contributed by atoms with Gasteiger partial charge in [0, 0.05) is 5.56 Å². The first-order chi connectivity index (χ1) is 8.13. The predicted octanol–water partition coefficient (Wildman–Crippen LogP) is 4.58. The number of aromatic nitrogens is 1. The van der Waals surface area contributed by atoms with E-state index in [1.807, 2.05) is 12.1 Å². The van der Waals surface area contributed by atoms with Crippen LogP contribution in [-0.2, 0) is 0 Å². The summed E-state index contributed by atoms with van der Waals surface area (Å²) < 4.78 is 0. The minimum Gasteiger partial charge on any atom is -0.233 e. The first-order valence-electron chi connectivity index (χ1n) is 4.64. The summed E-state index contributed by atoms with van der Waals surface area (Å²) >= 11 is 17.7. The Morgan fingerprint density at radius 3 is 2.41 bits per heavy atom. The topological polar surface area (TPSA) is 36.7 Å². The molecule has 0 bridgehead atoms. The third kappa shape index (κ3) is 2.37. The average Bonchev–Trinajstić information content (AvgIpc) is 2.33. The van der Waals surface area contributed by atoms with Crippen LogP contribution in [0.5, 0.6) is 0 Å². The highest BCUT2D eigenvalue weighted by Crippen LogP contribution is 2.32. The number of halogens is 3. The van der Waals surface area contributed by atoms with Crippen molar-refractivity contribution in [3.63, 3.8) is 0 Å². The molecular formula is C12H5Cl3N2. The van der Waals surface area contributed by atoms with Gasteiger partial charge in [-0.25, -0.2) is 4.98 Å². The summed E-state index contributed by atoms with van der Waals surface area (Å²) in [6.07, 6.45) is 0. The number of rotatable bonds is 1. The van der Waals surface area contributed by atoms with E-state index in [1.54, 1.807) is 18.2 Å². The average molecular weight is 284 g/mol. The molecule has 0 amide bonds. The molecule has 0 fully saturated rings. The van der Waals surface area contributed by atoms with Crippen LogP contribution < -0.4 is 0 Å². The number of benzene rings is 1. The Morgan fingerprint density at radius 2 is 1.76 bits per heavy atom. The Bertz CT molecular complexity index is 618. The number of nitriles is 1. The fourth-order valence-electron chi connectivity index (χ4n) is 1.41. The maximum Gasteiger partial charge on any atom is 0.148 e. The van der Waals surface area contributed by atoms with Gasteiger partial charge in [0.05, 0.1) is 21.3 Å². The highest BCUT2D eigenvalue weighted by atomic mass is 35.5. The van der Waals surface area contributed by atoms with Crippen molar-refractivity contribution in [2.45, 2.75) is 0 Å². The second-order valence-electron chi connectivity index (χ2n) is 3.25. The lowest BCUT2D eigenvalue weighted by atomic mass is 10.1. The number of nitrogens with zero attached hydrogens (tertiary/aromatic N) is 2. The van der Waals surface area contributed by atoms with E-state index in [9.17, 15) is 0 Å². The SMILES string of the molecule is N#Cc1cc(Cl)c(Cl)nc1-c1ccccc1Cl. The minimum absolute atomic E-state index is 0.153. The standard InChI is InChI=1S/C12H5Cl3N2/c13-9-4-2-1-3-8(9)11-7(6-16)5-10(14)12(15)17-11/h1-5H. The highest BCUT2D eigenvalue weighted by molar-refractivity contribution is 6.41. The van der Waals surface area contributed by atoms with E-state index in [0.717, 1.165) is 0 Å². The summed E-state index contributed by atoms with van der Waals surface area (Å²) in [6, 6.07) is 10.6. The van der Waals surface area contributed by atoms with Crippen molar-refractivity contribution in [2.75, 3.05) is 0 Å². The van der Waals surface area contributed by atoms with E-state index in [1.165, 1.54) is 6.07 Å². The van der Waals surface area contributed by atoms with Crippen molar-refractivity contribution in [2.24, 2.45) is 0 Å². The molecule has 2 nitrogen and oxygen atoms in total. The van der Waals surface area contributed by atoms with E-state index in [0.29, 0.717) is 21.8 Å². The normalized spacial score (nSPS) is 10.0. The van der Waals surface area contributed by atoms with Gasteiger partial charge in [0.2, 0.25) is 0 Å². The van der Waals surface area contributed by atoms with Gasteiger partial charge in [-0.1, -0.05) is 53.0 Å². The molecule has 0 N–H and O–H groups in total. The van der Waals surface area contributed by atoms with E-state index < -0.39 is 0 Å². The number of pyridine rings is 1. The lowest BCUT2D eigenvalue weighted by Crippen LogP contribution is -1.91. The zero-order chi connectivity index (χ0) is 12.4. The van der Waals surface area contributed by atoms with E-state index in [2.05, 4.69) is 4.98 Å². The van der Waals surface area contributed by atoms with Crippen LogP contribution in [0.25, 0.3) is 11.3 Å². The second kappa shape index (κ2) is 4.93. The predicted molar refractivity (Wildman–Crippen MR) is 69.4 cm³/mol. The van der Waals surface area contributed by atoms with Crippen molar-refractivity contribution in [1.82, 2.24) is 4.98 Å². The van der Waals surface area contributed by atoms with Gasteiger partial charge in [0.25, 0.3) is 0 Å². The molecule has 5 heteroatoms. The van der Waals surface area contributed by atoms with Crippen molar-refractivity contribution >= 4 is 34.8 Å². The Morgan fingerprint density at radius 1 is 1.06 bits per heavy atom. The van der Waals surface area contributed by atoms with Gasteiger partial charge < -0.3 is 0 Å². The van der Waals surface area contributed by atoms with Crippen molar-refractivity contribution < 1.29 is 0 Å². The Hall–Kier alpha value is -1.27. The maximum atomic E-state index is 9.05. The van der Waals surface area contributed by atoms with Crippen LogP contribution in [0.2, 0.25) is 15.2 Å². The number of hydrogen-bond donors (Lipinski definition) is 0. The molecule has 0 unspecified atom stereocenters. The first kappa shape index (κ1) is 12.2. The largest absolute Gasteiger partial charge is 0.233 e. The minimum atomic E-state index is 0.153. The van der Waals surface area contributed by atoms with Crippen LogP contribution in [0.3, 0.4) is 0 Å². The van der Waals surface area contributed by atoms with Gasteiger partial charge in [-0.15, -0.1) is 0 Å². The molecule has 0 aliphatic heterocycles. The smallest absolute Gasteiger partial charge is 0.148 e. The van der Waals surface area contributed by atoms with Crippen molar-refractivity contribution in [3.05, 3.63) is 51.1 Å². The molecule has 17 heavy (non-hydrogen) atoms. The molecule has 1 aromatic carbocycles. The lowest BCUT2D eigenvalue weighted by Gasteiger charge is -2.06. The van der Waals surface area contributed by atoms with E-state index in [-0.39, 0.29) is 10.2 Å². The van der Waals surface area contributed by atoms with Gasteiger partial charge >= 0.3 is 0 Å². The van der Waals surface area contributed by atoms with Gasteiger partial charge in [-0.3, -0.25) is 0 Å². The van der Waals surface area contributed by atoms with Crippen LogP contribution in [-0.4, -0.2) is 4.98 Å². The zero-order valence-electron chi connectivity index (χ0n) is 8.42. The summed E-state index contributed by atoms with van der Waals surface area (Å²) in [4.78, 5) is 4.10. The Balaban J connectivity index is 2.72. The highest BCUT2D eigenvalue weighted by Gasteiger charge is 2.13. The van der Waals surface area contributed by atoms with Crippen LogP contribution in [0.1, 0.15) is 5.56 Å². The molecule has 0 aliphatic carbocycles. The lowest BCUT2D eigenvalue weighted by molar-refractivity contribution is 1.30. The van der Waals surface area contributed by atoms with Crippen molar-refractivity contribution in [3.8, 4) is 17.3 Å². The fourth-order valence-corrected chi connectivity index (χ4v) is 1.93. The van der Waals surface area contributed by atoms with E-state index in [4.69, 9.17) is 40.1 Å². The van der Waals surface area contributed by atoms with Gasteiger partial charge in [-0.05, 0) is 12.1 Å². The monoisotopic (exact) mass is 282 g/mol. The van der Waals surface area contributed by atoms with Crippen LogP contribution in [0, 0.1) is 11.3 Å². The summed E-state index contributed by atoms with van der Waals surface area (Å²) in [5, 5.41) is 9.96. The molecule has 0 saturated carbocycles. The molecular weight excluding hydrogens is 279 g/mol. The number of hydrogen-bond acceptors (Lipinski definition) is 2. The third-order valence-electron chi connectivity index (χ3n) is 2.18. The molecule has 0 spiro atoms. The summed E-state index contributed by atoms with van der Waals surface area (Å²) in [7, 11) is 0. The third-order valence-corrected chi connectivity index (χ3v) is 3.19. The molecule has 0 aliphatic rings. The quantitative estimate of drug-likeness (QED) is 0.718. The Kier molecular flexibility index (Phi) is 3.54. The molecule has 0 atom stereocenters. The van der Waals surface area contributed by atoms with Gasteiger partial charge in [-0.2, -0.15) is 5.26 Å². The molecule has 1 aromatic heterocycles. The maximum absolute atomic E-state index is 9.05. The van der Waals surface area contributed by atoms with Gasteiger partial charge in [0.15, 0.2) is 0 Å². The second-order valence-corrected chi connectivity index (χ2v) is 4.42. The van der Waals surface area contributed by atoms with Crippen LogP contribution in [0.4, 0.5) is 0 Å². The summed E-state index contributed by atoms with van der Waals surface area (Å²) in [6.45, 7) is 0. The van der Waals surface area contributed by atoms with Gasteiger partial charge in [0.1, 0.15) is 11.2 Å². The van der Waals surface area contributed by atoms with Crippen LogP contribution >= 0.6 is 34.8 Å². The molecule has 2 aromatic rings. The molecule has 1 heterocycles.